The molecule has 0 saturated heterocycles. The first-order chi connectivity index (χ1) is 14.3. The highest BCUT2D eigenvalue weighted by Gasteiger charge is 2.38. The molecule has 0 radical (unpaired) electrons. The molecule has 0 saturated carbocycles. The van der Waals surface area contributed by atoms with Crippen LogP contribution in [-0.2, 0) is 14.3 Å². The van der Waals surface area contributed by atoms with Gasteiger partial charge in [0, 0.05) is 5.70 Å². The summed E-state index contributed by atoms with van der Waals surface area (Å²) in [7, 11) is 0. The Labute approximate surface area is 182 Å². The number of allylic oxidation sites excluding steroid dienone is 2. The lowest BCUT2D eigenvalue weighted by Gasteiger charge is -2.34. The smallest absolute Gasteiger partial charge is 0.336 e. The van der Waals surface area contributed by atoms with Gasteiger partial charge in [-0.3, -0.25) is 9.10 Å². The first-order valence-corrected chi connectivity index (χ1v) is 10.3. The number of rotatable bonds is 9. The van der Waals surface area contributed by atoms with Gasteiger partial charge in [-0.1, -0.05) is 38.3 Å². The lowest BCUT2D eigenvalue weighted by atomic mass is 9.80. The number of hydrogen-bond donors (Lipinski definition) is 2. The molecular formula is C22H27N3O4S. The summed E-state index contributed by atoms with van der Waals surface area (Å²) in [5.41, 5.74) is 7.47. The van der Waals surface area contributed by atoms with Gasteiger partial charge in [0.1, 0.15) is 5.75 Å². The number of nitrogens with two attached hydrogens (primary N) is 1. The van der Waals surface area contributed by atoms with Crippen LogP contribution in [-0.4, -0.2) is 29.4 Å². The highest BCUT2D eigenvalue weighted by atomic mass is 32.1. The molecule has 2 N–H and O–H groups in total. The van der Waals surface area contributed by atoms with E-state index in [1.54, 1.807) is 26.0 Å². The number of nitriles is 1. The van der Waals surface area contributed by atoms with Crippen LogP contribution in [0.1, 0.15) is 51.5 Å². The quantitative estimate of drug-likeness (QED) is 0.353. The highest BCUT2D eigenvalue weighted by Crippen LogP contribution is 2.43. The molecule has 0 bridgehead atoms. The summed E-state index contributed by atoms with van der Waals surface area (Å²) >= 11 is 4.41. The van der Waals surface area contributed by atoms with Crippen LogP contribution in [0.5, 0.6) is 5.75 Å². The molecule has 0 spiro atoms. The number of hydrogen-bond acceptors (Lipinski definition) is 7. The highest BCUT2D eigenvalue weighted by molar-refractivity contribution is 7.78. The summed E-state index contributed by atoms with van der Waals surface area (Å²) in [6.07, 6.45) is 1.82. The normalized spacial score (nSPS) is 16.4. The Hall–Kier alpha value is -2.92. The summed E-state index contributed by atoms with van der Waals surface area (Å²) < 4.78 is 12.3. The van der Waals surface area contributed by atoms with E-state index >= 15 is 0 Å². The maximum absolute atomic E-state index is 12.8. The zero-order valence-corrected chi connectivity index (χ0v) is 18.4. The average molecular weight is 430 g/mol. The van der Waals surface area contributed by atoms with Crippen LogP contribution in [0.4, 0.5) is 0 Å². The molecule has 0 aliphatic carbocycles. The number of primary amides is 1. The van der Waals surface area contributed by atoms with Crippen LogP contribution in [0.15, 0.2) is 46.8 Å². The molecule has 7 nitrogen and oxygen atoms in total. The van der Waals surface area contributed by atoms with Crippen molar-refractivity contribution in [1.82, 2.24) is 4.31 Å². The van der Waals surface area contributed by atoms with Crippen molar-refractivity contribution in [3.63, 3.8) is 0 Å². The zero-order chi connectivity index (χ0) is 22.3. The van der Waals surface area contributed by atoms with Crippen molar-refractivity contribution in [3.05, 3.63) is 52.4 Å². The second kappa shape index (κ2) is 10.7. The third-order valence-electron chi connectivity index (χ3n) is 4.79. The maximum Gasteiger partial charge on any atom is 0.336 e. The second-order valence-electron chi connectivity index (χ2n) is 6.85. The molecule has 1 amide bonds. The molecular weight excluding hydrogens is 402 g/mol. The molecule has 0 aromatic heterocycles. The summed E-state index contributed by atoms with van der Waals surface area (Å²) in [5.74, 6) is -1.12. The van der Waals surface area contributed by atoms with E-state index in [0.29, 0.717) is 34.9 Å². The van der Waals surface area contributed by atoms with Crippen LogP contribution < -0.4 is 10.5 Å². The van der Waals surface area contributed by atoms with E-state index < -0.39 is 17.8 Å². The van der Waals surface area contributed by atoms with Crippen molar-refractivity contribution in [2.45, 2.75) is 46.0 Å². The minimum Gasteiger partial charge on any atom is -0.494 e. The van der Waals surface area contributed by atoms with Crippen molar-refractivity contribution >= 4 is 24.7 Å². The molecule has 1 unspecified atom stereocenters. The fraction of sp³-hybridized carbons (Fsp3) is 0.409. The van der Waals surface area contributed by atoms with E-state index in [0.717, 1.165) is 12.8 Å². The van der Waals surface area contributed by atoms with Gasteiger partial charge < -0.3 is 15.2 Å². The summed E-state index contributed by atoms with van der Waals surface area (Å²) in [6, 6.07) is 9.38. The number of amides is 1. The summed E-state index contributed by atoms with van der Waals surface area (Å²) in [4.78, 5) is 24.4. The van der Waals surface area contributed by atoms with Gasteiger partial charge in [0.15, 0.2) is 0 Å². The zero-order valence-electron chi connectivity index (χ0n) is 17.5. The minimum absolute atomic E-state index is 0.172. The van der Waals surface area contributed by atoms with E-state index in [-0.39, 0.29) is 18.6 Å². The molecule has 1 atom stereocenters. The van der Waals surface area contributed by atoms with Gasteiger partial charge in [0.2, 0.25) is 5.91 Å². The van der Waals surface area contributed by atoms with Gasteiger partial charge in [-0.05, 0) is 38.0 Å². The monoisotopic (exact) mass is 429 g/mol. The van der Waals surface area contributed by atoms with Crippen molar-refractivity contribution < 1.29 is 19.1 Å². The summed E-state index contributed by atoms with van der Waals surface area (Å²) in [5, 5.41) is 9.92. The van der Waals surface area contributed by atoms with Crippen molar-refractivity contribution in [1.29, 1.82) is 5.26 Å². The molecule has 1 aliphatic rings. The molecule has 160 valence electrons. The van der Waals surface area contributed by atoms with Crippen LogP contribution in [0.25, 0.3) is 0 Å². The van der Waals surface area contributed by atoms with E-state index in [1.807, 2.05) is 12.1 Å². The Morgan fingerprint density at radius 3 is 2.47 bits per heavy atom. The van der Waals surface area contributed by atoms with Gasteiger partial charge in [0.05, 0.1) is 48.5 Å². The van der Waals surface area contributed by atoms with E-state index in [9.17, 15) is 14.9 Å². The van der Waals surface area contributed by atoms with Crippen LogP contribution >= 0.6 is 12.8 Å². The first kappa shape index (κ1) is 23.4. The van der Waals surface area contributed by atoms with Crippen LogP contribution in [0.2, 0.25) is 0 Å². The Morgan fingerprint density at radius 1 is 1.27 bits per heavy atom. The molecule has 1 aromatic carbocycles. The Morgan fingerprint density at radius 2 is 1.93 bits per heavy atom. The number of thiol groups is 1. The third-order valence-corrected chi connectivity index (χ3v) is 5.33. The van der Waals surface area contributed by atoms with Gasteiger partial charge in [0.25, 0.3) is 0 Å². The van der Waals surface area contributed by atoms with Gasteiger partial charge >= 0.3 is 5.97 Å². The lowest BCUT2D eigenvalue weighted by molar-refractivity contribution is -0.138. The number of carbonyl (C=O) groups excluding carboxylic acids is 2. The molecule has 8 heteroatoms. The summed E-state index contributed by atoms with van der Waals surface area (Å²) in [6.45, 7) is 6.31. The van der Waals surface area contributed by atoms with Gasteiger partial charge in [-0.15, -0.1) is 0 Å². The molecule has 30 heavy (non-hydrogen) atoms. The Bertz CT molecular complexity index is 900. The number of benzene rings is 1. The lowest BCUT2D eigenvalue weighted by Crippen LogP contribution is -2.30. The average Bonchev–Trinajstić information content (AvgIpc) is 2.72. The van der Waals surface area contributed by atoms with Crippen molar-refractivity contribution in [3.8, 4) is 11.8 Å². The fourth-order valence-corrected chi connectivity index (χ4v) is 3.60. The molecule has 0 fully saturated rings. The van der Waals surface area contributed by atoms with E-state index in [1.165, 1.54) is 4.31 Å². The first-order valence-electron chi connectivity index (χ1n) is 9.86. The Balaban J connectivity index is 2.55. The minimum atomic E-state index is -0.698. The van der Waals surface area contributed by atoms with Crippen LogP contribution in [0, 0.1) is 11.3 Å². The number of carbonyl (C=O) groups is 2. The molecule has 1 aliphatic heterocycles. The SMILES string of the molecule is CCCCOc1ccc(C2C(C#N)=C(CC(N)=O)N(S)C(C)=C2C(=O)OCC)cc1. The predicted octanol–water partition coefficient (Wildman–Crippen LogP) is 3.60. The van der Waals surface area contributed by atoms with Crippen LogP contribution in [0.3, 0.4) is 0 Å². The fourth-order valence-electron chi connectivity index (χ4n) is 3.31. The number of esters is 1. The molecule has 2 rings (SSSR count). The number of unbranched alkanes of at least 4 members (excludes halogenated alkanes) is 1. The van der Waals surface area contributed by atoms with Crippen molar-refractivity contribution in [2.75, 3.05) is 13.2 Å². The number of ether oxygens (including phenoxy) is 2. The standard InChI is InChI=1S/C22H27N3O4S/c1-4-6-11-29-16-9-7-15(8-10-16)21-17(13-23)18(12-19(24)26)25(30)14(3)20(21)22(27)28-5-2/h7-10,21,30H,4-6,11-12H2,1-3H3,(H2,24,26). The van der Waals surface area contributed by atoms with Gasteiger partial charge in [-0.2, -0.15) is 5.26 Å². The van der Waals surface area contributed by atoms with Crippen molar-refractivity contribution in [2.24, 2.45) is 5.73 Å². The predicted molar refractivity (Wildman–Crippen MR) is 116 cm³/mol. The second-order valence-corrected chi connectivity index (χ2v) is 7.25. The van der Waals surface area contributed by atoms with E-state index in [4.69, 9.17) is 15.2 Å². The topological polar surface area (TPSA) is 106 Å². The number of nitrogens with zero attached hydrogens (tertiary/aromatic N) is 2. The molecule has 1 heterocycles. The third kappa shape index (κ3) is 5.16. The maximum atomic E-state index is 12.8. The van der Waals surface area contributed by atoms with Gasteiger partial charge in [-0.25, -0.2) is 4.79 Å². The Kier molecular flexibility index (Phi) is 8.36. The largest absolute Gasteiger partial charge is 0.494 e. The molecule has 1 aromatic rings. The van der Waals surface area contributed by atoms with E-state index in [2.05, 4.69) is 25.8 Å².